The van der Waals surface area contributed by atoms with Crippen LogP contribution in [-0.2, 0) is 25.5 Å². The number of hydrogen-bond acceptors (Lipinski definition) is 5. The SMILES string of the molecule is CC(C)OC(=O)c1ccc(NC(=O)C(Cc2ccccc2)N2C(=O)C3C4CCC(C4)C3C2=O)cc1. The number of anilines is 1. The number of esters is 1. The molecule has 0 spiro atoms. The molecule has 1 saturated heterocycles. The molecule has 1 aliphatic heterocycles. The molecule has 0 radical (unpaired) electrons. The van der Waals surface area contributed by atoms with Crippen molar-refractivity contribution in [2.24, 2.45) is 23.7 Å². The molecule has 1 heterocycles. The maximum absolute atomic E-state index is 13.5. The van der Waals surface area contributed by atoms with Gasteiger partial charge in [-0.3, -0.25) is 19.3 Å². The van der Waals surface area contributed by atoms with Crippen molar-refractivity contribution in [2.45, 2.75) is 51.7 Å². The van der Waals surface area contributed by atoms with Gasteiger partial charge in [-0.05, 0) is 74.8 Å². The van der Waals surface area contributed by atoms with Gasteiger partial charge in [-0.15, -0.1) is 0 Å². The third kappa shape index (κ3) is 4.35. The Labute approximate surface area is 204 Å². The van der Waals surface area contributed by atoms with Crippen LogP contribution in [0, 0.1) is 23.7 Å². The molecule has 0 aromatic heterocycles. The summed E-state index contributed by atoms with van der Waals surface area (Å²) in [5, 5.41) is 2.85. The third-order valence-electron chi connectivity index (χ3n) is 7.58. The van der Waals surface area contributed by atoms with E-state index in [2.05, 4.69) is 5.32 Å². The van der Waals surface area contributed by atoms with E-state index in [-0.39, 0.29) is 48.0 Å². The van der Waals surface area contributed by atoms with Crippen LogP contribution in [0.3, 0.4) is 0 Å². The van der Waals surface area contributed by atoms with Gasteiger partial charge in [0, 0.05) is 12.1 Å². The van der Waals surface area contributed by atoms with Crippen LogP contribution in [0.25, 0.3) is 0 Å². The van der Waals surface area contributed by atoms with Crippen molar-refractivity contribution in [2.75, 3.05) is 5.32 Å². The van der Waals surface area contributed by atoms with E-state index in [4.69, 9.17) is 4.74 Å². The molecule has 2 aromatic carbocycles. The maximum Gasteiger partial charge on any atom is 0.338 e. The lowest BCUT2D eigenvalue weighted by Crippen LogP contribution is -2.49. The number of rotatable bonds is 7. The average Bonchev–Trinajstić information content (AvgIpc) is 3.52. The van der Waals surface area contributed by atoms with Crippen LogP contribution in [0.15, 0.2) is 54.6 Å². The molecule has 182 valence electrons. The number of carbonyl (C=O) groups excluding carboxylic acids is 4. The summed E-state index contributed by atoms with van der Waals surface area (Å²) < 4.78 is 5.20. The molecular weight excluding hydrogens is 444 g/mol. The quantitative estimate of drug-likeness (QED) is 0.486. The van der Waals surface area contributed by atoms with E-state index in [1.165, 1.54) is 4.90 Å². The first-order valence-corrected chi connectivity index (χ1v) is 12.4. The van der Waals surface area contributed by atoms with Gasteiger partial charge in [-0.25, -0.2) is 4.79 Å². The second-order valence-corrected chi connectivity index (χ2v) is 10.2. The Morgan fingerprint density at radius 1 is 0.943 bits per heavy atom. The number of imide groups is 1. The zero-order valence-corrected chi connectivity index (χ0v) is 20.0. The molecule has 2 aliphatic carbocycles. The summed E-state index contributed by atoms with van der Waals surface area (Å²) in [6.07, 6.45) is 2.94. The summed E-state index contributed by atoms with van der Waals surface area (Å²) in [5.74, 6) is -1.30. The number of fused-ring (bicyclic) bond motifs is 5. The zero-order valence-electron chi connectivity index (χ0n) is 20.0. The zero-order chi connectivity index (χ0) is 24.7. The van der Waals surface area contributed by atoms with Crippen LogP contribution in [0.5, 0.6) is 0 Å². The average molecular weight is 475 g/mol. The van der Waals surface area contributed by atoms with Crippen molar-refractivity contribution in [3.63, 3.8) is 0 Å². The van der Waals surface area contributed by atoms with E-state index in [0.717, 1.165) is 24.8 Å². The van der Waals surface area contributed by atoms with E-state index in [0.29, 0.717) is 11.3 Å². The second kappa shape index (κ2) is 9.29. The summed E-state index contributed by atoms with van der Waals surface area (Å²) in [6.45, 7) is 3.56. The lowest BCUT2D eigenvalue weighted by atomic mass is 9.81. The van der Waals surface area contributed by atoms with E-state index in [9.17, 15) is 19.2 Å². The molecule has 3 aliphatic rings. The monoisotopic (exact) mass is 474 g/mol. The Balaban J connectivity index is 1.38. The van der Waals surface area contributed by atoms with Crippen molar-refractivity contribution in [3.8, 4) is 0 Å². The summed E-state index contributed by atoms with van der Waals surface area (Å²) >= 11 is 0. The van der Waals surface area contributed by atoms with E-state index >= 15 is 0 Å². The molecule has 1 N–H and O–H groups in total. The van der Waals surface area contributed by atoms with Gasteiger partial charge in [0.1, 0.15) is 6.04 Å². The number of likely N-dealkylation sites (tertiary alicyclic amines) is 1. The summed E-state index contributed by atoms with van der Waals surface area (Å²) in [7, 11) is 0. The molecule has 5 unspecified atom stereocenters. The van der Waals surface area contributed by atoms with Crippen molar-refractivity contribution in [1.29, 1.82) is 0 Å². The highest BCUT2D eigenvalue weighted by Crippen LogP contribution is 2.56. The van der Waals surface area contributed by atoms with Gasteiger partial charge in [-0.1, -0.05) is 30.3 Å². The molecule has 7 nitrogen and oxygen atoms in total. The first-order chi connectivity index (χ1) is 16.8. The number of benzene rings is 2. The van der Waals surface area contributed by atoms with Gasteiger partial charge in [0.2, 0.25) is 17.7 Å². The highest BCUT2D eigenvalue weighted by Gasteiger charge is 2.62. The molecule has 3 fully saturated rings. The predicted octanol–water partition coefficient (Wildman–Crippen LogP) is 3.83. The van der Waals surface area contributed by atoms with Crippen LogP contribution < -0.4 is 5.32 Å². The summed E-state index contributed by atoms with van der Waals surface area (Å²) in [6, 6.07) is 14.9. The first-order valence-electron chi connectivity index (χ1n) is 12.4. The number of nitrogens with zero attached hydrogens (tertiary/aromatic N) is 1. The van der Waals surface area contributed by atoms with E-state index in [1.807, 2.05) is 30.3 Å². The van der Waals surface area contributed by atoms with Crippen LogP contribution in [-0.4, -0.2) is 40.7 Å². The Morgan fingerprint density at radius 3 is 2.11 bits per heavy atom. The van der Waals surface area contributed by atoms with Gasteiger partial charge in [-0.2, -0.15) is 0 Å². The minimum atomic E-state index is -0.937. The van der Waals surface area contributed by atoms with Crippen LogP contribution in [0.1, 0.15) is 49.0 Å². The maximum atomic E-state index is 13.5. The largest absolute Gasteiger partial charge is 0.459 e. The third-order valence-corrected chi connectivity index (χ3v) is 7.58. The lowest BCUT2D eigenvalue weighted by Gasteiger charge is -2.27. The van der Waals surface area contributed by atoms with Crippen LogP contribution in [0.4, 0.5) is 5.69 Å². The number of amides is 3. The van der Waals surface area contributed by atoms with Crippen molar-refractivity contribution >= 4 is 29.4 Å². The summed E-state index contributed by atoms with van der Waals surface area (Å²) in [5.41, 5.74) is 1.74. The van der Waals surface area contributed by atoms with Crippen LogP contribution >= 0.6 is 0 Å². The minimum Gasteiger partial charge on any atom is -0.459 e. The van der Waals surface area contributed by atoms with E-state index < -0.39 is 17.9 Å². The molecule has 2 bridgehead atoms. The smallest absolute Gasteiger partial charge is 0.338 e. The molecular formula is C28H30N2O5. The predicted molar refractivity (Wildman–Crippen MR) is 129 cm³/mol. The van der Waals surface area contributed by atoms with Crippen molar-refractivity contribution in [1.82, 2.24) is 4.90 Å². The number of carbonyl (C=O) groups is 4. The fourth-order valence-corrected chi connectivity index (χ4v) is 6.07. The Morgan fingerprint density at radius 2 is 1.54 bits per heavy atom. The topological polar surface area (TPSA) is 92.8 Å². The highest BCUT2D eigenvalue weighted by molar-refractivity contribution is 6.10. The van der Waals surface area contributed by atoms with Gasteiger partial charge in [0.25, 0.3) is 0 Å². The Hall–Kier alpha value is -3.48. The molecule has 5 rings (SSSR count). The van der Waals surface area contributed by atoms with Gasteiger partial charge >= 0.3 is 5.97 Å². The normalized spacial score (nSPS) is 25.6. The molecule has 7 heteroatoms. The van der Waals surface area contributed by atoms with E-state index in [1.54, 1.807) is 38.1 Å². The molecule has 5 atom stereocenters. The molecule has 2 saturated carbocycles. The standard InChI is InChI=1S/C28H30N2O5/c1-16(2)35-28(34)18-10-12-21(13-11-18)29-25(31)22(14-17-6-4-3-5-7-17)30-26(32)23-19-8-9-20(15-19)24(23)27(30)33/h3-7,10-13,16,19-20,22-24H,8-9,14-15H2,1-2H3,(H,29,31). The fourth-order valence-electron chi connectivity index (χ4n) is 6.07. The number of nitrogens with one attached hydrogen (secondary N) is 1. The number of ether oxygens (including phenoxy) is 1. The second-order valence-electron chi connectivity index (χ2n) is 10.2. The highest BCUT2D eigenvalue weighted by atomic mass is 16.5. The Bertz CT molecular complexity index is 1120. The van der Waals surface area contributed by atoms with Crippen molar-refractivity contribution < 1.29 is 23.9 Å². The van der Waals surface area contributed by atoms with Gasteiger partial charge < -0.3 is 10.1 Å². The first kappa shape index (κ1) is 23.3. The summed E-state index contributed by atoms with van der Waals surface area (Å²) in [4.78, 5) is 53.8. The molecule has 3 amide bonds. The van der Waals surface area contributed by atoms with Crippen molar-refractivity contribution in [3.05, 3.63) is 65.7 Å². The minimum absolute atomic E-state index is 0.199. The Kier molecular flexibility index (Phi) is 6.17. The molecule has 35 heavy (non-hydrogen) atoms. The fraction of sp³-hybridized carbons (Fsp3) is 0.429. The molecule has 2 aromatic rings. The van der Waals surface area contributed by atoms with Crippen LogP contribution in [0.2, 0.25) is 0 Å². The van der Waals surface area contributed by atoms with Gasteiger partial charge in [0.15, 0.2) is 0 Å². The lowest BCUT2D eigenvalue weighted by molar-refractivity contribution is -0.147. The van der Waals surface area contributed by atoms with Gasteiger partial charge in [0.05, 0.1) is 23.5 Å². The number of hydrogen-bond donors (Lipinski definition) is 1.